The molecular formula is C21H21ClN4O3. The molecule has 0 spiro atoms. The van der Waals surface area contributed by atoms with Crippen LogP contribution in [0, 0.1) is 0 Å². The number of pyridine rings is 1. The van der Waals surface area contributed by atoms with Crippen LogP contribution in [0.2, 0.25) is 5.02 Å². The number of aromatic amines is 2. The fourth-order valence-electron chi connectivity index (χ4n) is 3.96. The second-order valence-electron chi connectivity index (χ2n) is 7.24. The van der Waals surface area contributed by atoms with Crippen molar-refractivity contribution in [3.63, 3.8) is 0 Å². The van der Waals surface area contributed by atoms with E-state index in [1.54, 1.807) is 18.2 Å². The normalized spacial score (nSPS) is 13.7. The molecule has 0 radical (unpaired) electrons. The second-order valence-corrected chi connectivity index (χ2v) is 7.65. The standard InChI is InChI=1S/C21H21ClN4O3/c1-3-5-11(6-4-2)26-20(28)12-9-15-16(10-13(12)21(26)29)25-18(24-15)17-14(22)7-8-23-19(17)27/h7-11H,3-6H2,1-2H3,(H,23,27)(H,24,25). The van der Waals surface area contributed by atoms with Gasteiger partial charge in [-0.15, -0.1) is 0 Å². The molecule has 2 amide bonds. The van der Waals surface area contributed by atoms with E-state index in [2.05, 4.69) is 15.0 Å². The fraction of sp³-hybridized carbons (Fsp3) is 0.333. The number of imide groups is 1. The van der Waals surface area contributed by atoms with Gasteiger partial charge in [0.05, 0.1) is 27.2 Å². The predicted octanol–water partition coefficient (Wildman–Crippen LogP) is 4.14. The molecule has 0 saturated heterocycles. The van der Waals surface area contributed by atoms with Crippen LogP contribution in [0.4, 0.5) is 0 Å². The summed E-state index contributed by atoms with van der Waals surface area (Å²) in [7, 11) is 0. The van der Waals surface area contributed by atoms with E-state index >= 15 is 0 Å². The number of rotatable bonds is 6. The van der Waals surface area contributed by atoms with E-state index in [0.717, 1.165) is 25.7 Å². The molecule has 1 aliphatic heterocycles. The number of carbonyl (C=O) groups is 2. The van der Waals surface area contributed by atoms with E-state index in [1.165, 1.54) is 11.1 Å². The quantitative estimate of drug-likeness (QED) is 0.594. The highest BCUT2D eigenvalue weighted by Gasteiger charge is 2.40. The number of H-pyrrole nitrogens is 2. The van der Waals surface area contributed by atoms with Gasteiger partial charge in [0.2, 0.25) is 0 Å². The van der Waals surface area contributed by atoms with E-state index < -0.39 is 0 Å². The Kier molecular flexibility index (Phi) is 5.00. The maximum absolute atomic E-state index is 13.0. The molecule has 150 valence electrons. The highest BCUT2D eigenvalue weighted by Crippen LogP contribution is 2.32. The first kappa shape index (κ1) is 19.4. The zero-order chi connectivity index (χ0) is 20.7. The van der Waals surface area contributed by atoms with Gasteiger partial charge in [0, 0.05) is 12.2 Å². The Morgan fingerprint density at radius 3 is 2.34 bits per heavy atom. The van der Waals surface area contributed by atoms with Gasteiger partial charge in [-0.3, -0.25) is 19.3 Å². The number of imidazole rings is 1. The first-order chi connectivity index (χ1) is 14.0. The van der Waals surface area contributed by atoms with Gasteiger partial charge in [0.15, 0.2) is 0 Å². The average Bonchev–Trinajstić information content (AvgIpc) is 3.19. The lowest BCUT2D eigenvalue weighted by Gasteiger charge is -2.25. The van der Waals surface area contributed by atoms with Crippen LogP contribution in [0.15, 0.2) is 29.2 Å². The number of halogens is 1. The minimum Gasteiger partial charge on any atom is -0.338 e. The third-order valence-corrected chi connectivity index (χ3v) is 5.59. The summed E-state index contributed by atoms with van der Waals surface area (Å²) in [4.78, 5) is 49.7. The smallest absolute Gasteiger partial charge is 0.261 e. The van der Waals surface area contributed by atoms with Crippen molar-refractivity contribution in [2.75, 3.05) is 0 Å². The second kappa shape index (κ2) is 7.48. The van der Waals surface area contributed by atoms with Crippen molar-refractivity contribution in [3.8, 4) is 11.4 Å². The van der Waals surface area contributed by atoms with Crippen LogP contribution in [0.5, 0.6) is 0 Å². The van der Waals surface area contributed by atoms with Gasteiger partial charge in [0.25, 0.3) is 17.4 Å². The number of hydrogen-bond donors (Lipinski definition) is 2. The first-order valence-corrected chi connectivity index (χ1v) is 10.1. The van der Waals surface area contributed by atoms with Crippen LogP contribution in [0.3, 0.4) is 0 Å². The number of hydrogen-bond acceptors (Lipinski definition) is 4. The Labute approximate surface area is 172 Å². The summed E-state index contributed by atoms with van der Waals surface area (Å²) in [5.74, 6) is -0.258. The van der Waals surface area contributed by atoms with Crippen LogP contribution < -0.4 is 5.56 Å². The number of nitrogens with one attached hydrogen (secondary N) is 2. The molecule has 1 aliphatic rings. The zero-order valence-corrected chi connectivity index (χ0v) is 17.0. The molecule has 29 heavy (non-hydrogen) atoms. The summed E-state index contributed by atoms with van der Waals surface area (Å²) in [5, 5.41) is 0.264. The van der Waals surface area contributed by atoms with Gasteiger partial charge in [-0.2, -0.15) is 0 Å². The van der Waals surface area contributed by atoms with Crippen LogP contribution in [0.25, 0.3) is 22.4 Å². The van der Waals surface area contributed by atoms with Crippen molar-refractivity contribution >= 4 is 34.4 Å². The van der Waals surface area contributed by atoms with Gasteiger partial charge >= 0.3 is 0 Å². The van der Waals surface area contributed by atoms with Crippen LogP contribution in [0.1, 0.15) is 60.2 Å². The van der Waals surface area contributed by atoms with E-state index in [0.29, 0.717) is 28.0 Å². The fourth-order valence-corrected chi connectivity index (χ4v) is 4.19. The molecule has 0 bridgehead atoms. The Hall–Kier alpha value is -2.93. The zero-order valence-electron chi connectivity index (χ0n) is 16.2. The third kappa shape index (κ3) is 3.15. The summed E-state index contributed by atoms with van der Waals surface area (Å²) in [6.45, 7) is 4.10. The molecule has 7 nitrogen and oxygen atoms in total. The van der Waals surface area contributed by atoms with Crippen molar-refractivity contribution in [2.24, 2.45) is 0 Å². The SMILES string of the molecule is CCCC(CCC)N1C(=O)c2cc3nc(-c4c(Cl)cc[nH]c4=O)[nH]c3cc2C1=O. The van der Waals surface area contributed by atoms with Gasteiger partial charge in [-0.25, -0.2) is 4.98 Å². The lowest BCUT2D eigenvalue weighted by atomic mass is 10.1. The van der Waals surface area contributed by atoms with E-state index in [-0.39, 0.29) is 34.0 Å². The Morgan fingerprint density at radius 2 is 1.72 bits per heavy atom. The summed E-state index contributed by atoms with van der Waals surface area (Å²) in [6.07, 6.45) is 4.83. The van der Waals surface area contributed by atoms with Crippen molar-refractivity contribution in [2.45, 2.75) is 45.6 Å². The molecule has 2 aromatic heterocycles. The van der Waals surface area contributed by atoms with Crippen molar-refractivity contribution < 1.29 is 9.59 Å². The summed E-state index contributed by atoms with van der Waals surface area (Å²) in [6, 6.07) is 4.73. The van der Waals surface area contributed by atoms with Crippen LogP contribution in [-0.4, -0.2) is 37.7 Å². The van der Waals surface area contributed by atoms with Gasteiger partial charge in [-0.1, -0.05) is 38.3 Å². The molecule has 4 rings (SSSR count). The molecule has 0 fully saturated rings. The molecule has 0 aliphatic carbocycles. The minimum atomic E-state index is -0.371. The van der Waals surface area contributed by atoms with Crippen molar-refractivity contribution in [1.29, 1.82) is 0 Å². The molecule has 2 N–H and O–H groups in total. The molecule has 0 unspecified atom stereocenters. The number of nitrogens with zero attached hydrogens (tertiary/aromatic N) is 2. The summed E-state index contributed by atoms with van der Waals surface area (Å²) < 4.78 is 0. The number of amides is 2. The van der Waals surface area contributed by atoms with E-state index in [4.69, 9.17) is 11.6 Å². The van der Waals surface area contributed by atoms with E-state index in [1.807, 2.05) is 13.8 Å². The molecule has 0 atom stereocenters. The van der Waals surface area contributed by atoms with Crippen molar-refractivity contribution in [1.82, 2.24) is 19.9 Å². The monoisotopic (exact) mass is 412 g/mol. The lowest BCUT2D eigenvalue weighted by molar-refractivity contribution is 0.0566. The topological polar surface area (TPSA) is 98.9 Å². The number of carbonyl (C=O) groups excluding carboxylic acids is 2. The minimum absolute atomic E-state index is 0.0963. The van der Waals surface area contributed by atoms with Gasteiger partial charge < -0.3 is 9.97 Å². The maximum atomic E-state index is 13.0. The van der Waals surface area contributed by atoms with Gasteiger partial charge in [-0.05, 0) is 31.0 Å². The molecular weight excluding hydrogens is 392 g/mol. The molecule has 1 aromatic carbocycles. The maximum Gasteiger partial charge on any atom is 0.261 e. The largest absolute Gasteiger partial charge is 0.338 e. The third-order valence-electron chi connectivity index (χ3n) is 5.28. The average molecular weight is 413 g/mol. The highest BCUT2D eigenvalue weighted by molar-refractivity contribution is 6.33. The Morgan fingerprint density at radius 1 is 1.07 bits per heavy atom. The Balaban J connectivity index is 1.78. The molecule has 8 heteroatoms. The molecule has 3 aromatic rings. The molecule has 3 heterocycles. The number of benzene rings is 1. The number of fused-ring (bicyclic) bond motifs is 2. The number of aromatic nitrogens is 3. The summed E-state index contributed by atoms with van der Waals surface area (Å²) in [5.41, 5.74) is 1.64. The Bertz CT molecular complexity index is 1120. The molecule has 0 saturated carbocycles. The summed E-state index contributed by atoms with van der Waals surface area (Å²) >= 11 is 6.16. The van der Waals surface area contributed by atoms with Crippen LogP contribution in [-0.2, 0) is 0 Å². The first-order valence-electron chi connectivity index (χ1n) is 9.75. The highest BCUT2D eigenvalue weighted by atomic mass is 35.5. The van der Waals surface area contributed by atoms with Crippen molar-refractivity contribution in [3.05, 3.63) is 50.9 Å². The lowest BCUT2D eigenvalue weighted by Crippen LogP contribution is -2.39. The van der Waals surface area contributed by atoms with Crippen LogP contribution >= 0.6 is 11.6 Å². The van der Waals surface area contributed by atoms with Gasteiger partial charge in [0.1, 0.15) is 11.4 Å². The predicted molar refractivity (Wildman–Crippen MR) is 111 cm³/mol. The van der Waals surface area contributed by atoms with E-state index in [9.17, 15) is 14.4 Å².